The number of carbonyl (C=O) groups is 2. The summed E-state index contributed by atoms with van der Waals surface area (Å²) in [4.78, 5) is 21.4. The van der Waals surface area contributed by atoms with Crippen LogP contribution in [0.3, 0.4) is 0 Å². The molecule has 0 bridgehead atoms. The average Bonchev–Trinajstić information content (AvgIpc) is 2.17. The Kier molecular flexibility index (Phi) is 2.74. The fraction of sp³-hybridized carbons (Fsp3) is 0.111. The largest absolute Gasteiger partial charge is 0.355 e. The van der Waals surface area contributed by atoms with Crippen molar-refractivity contribution in [2.45, 2.75) is 0 Å². The molecule has 0 saturated carbocycles. The SMILES string of the molecule is CNC(=O)c1cc(C=O)ccc1F. The summed E-state index contributed by atoms with van der Waals surface area (Å²) in [6.07, 6.45) is 0.561. The zero-order valence-electron chi connectivity index (χ0n) is 7.00. The molecule has 0 atom stereocenters. The van der Waals surface area contributed by atoms with Crippen molar-refractivity contribution < 1.29 is 14.0 Å². The highest BCUT2D eigenvalue weighted by molar-refractivity contribution is 5.95. The number of aldehydes is 1. The predicted octanol–water partition coefficient (Wildman–Crippen LogP) is 0.998. The minimum absolute atomic E-state index is 0.118. The molecule has 0 aliphatic carbocycles. The number of halogens is 1. The molecule has 4 heteroatoms. The molecule has 0 spiro atoms. The molecule has 1 aromatic rings. The monoisotopic (exact) mass is 181 g/mol. The molecule has 0 aromatic heterocycles. The minimum atomic E-state index is -0.634. The summed E-state index contributed by atoms with van der Waals surface area (Å²) in [5.41, 5.74) is 0.159. The van der Waals surface area contributed by atoms with Gasteiger partial charge in [-0.25, -0.2) is 4.39 Å². The normalized spacial score (nSPS) is 9.38. The van der Waals surface area contributed by atoms with E-state index in [1.54, 1.807) is 0 Å². The molecule has 0 radical (unpaired) electrons. The zero-order chi connectivity index (χ0) is 9.84. The Labute approximate surface area is 74.6 Å². The van der Waals surface area contributed by atoms with Crippen LogP contribution in [0.5, 0.6) is 0 Å². The van der Waals surface area contributed by atoms with E-state index in [0.29, 0.717) is 6.29 Å². The highest BCUT2D eigenvalue weighted by atomic mass is 19.1. The number of hydrogen-bond acceptors (Lipinski definition) is 2. The average molecular weight is 181 g/mol. The van der Waals surface area contributed by atoms with Crippen LogP contribution in [-0.2, 0) is 0 Å². The summed E-state index contributed by atoms with van der Waals surface area (Å²) in [6, 6.07) is 3.62. The van der Waals surface area contributed by atoms with Gasteiger partial charge in [0.1, 0.15) is 12.1 Å². The third-order valence-electron chi connectivity index (χ3n) is 1.60. The van der Waals surface area contributed by atoms with Gasteiger partial charge in [0.25, 0.3) is 5.91 Å². The molecule has 1 rings (SSSR count). The van der Waals surface area contributed by atoms with Crippen LogP contribution >= 0.6 is 0 Å². The number of rotatable bonds is 2. The Bertz CT molecular complexity index is 349. The molecule has 1 aromatic carbocycles. The van der Waals surface area contributed by atoms with E-state index >= 15 is 0 Å². The molecule has 3 nitrogen and oxygen atoms in total. The van der Waals surface area contributed by atoms with Crippen LogP contribution in [0, 0.1) is 5.82 Å². The lowest BCUT2D eigenvalue weighted by Crippen LogP contribution is -2.19. The van der Waals surface area contributed by atoms with Crippen LogP contribution in [0.1, 0.15) is 20.7 Å². The third-order valence-corrected chi connectivity index (χ3v) is 1.60. The van der Waals surface area contributed by atoms with Gasteiger partial charge in [-0.05, 0) is 18.2 Å². The van der Waals surface area contributed by atoms with Gasteiger partial charge in [-0.1, -0.05) is 0 Å². The fourth-order valence-electron chi connectivity index (χ4n) is 0.925. The first kappa shape index (κ1) is 9.38. The smallest absolute Gasteiger partial charge is 0.254 e. The van der Waals surface area contributed by atoms with Gasteiger partial charge < -0.3 is 5.32 Å². The Morgan fingerprint density at radius 1 is 1.54 bits per heavy atom. The molecule has 0 saturated heterocycles. The van der Waals surface area contributed by atoms with Gasteiger partial charge >= 0.3 is 0 Å². The number of hydrogen-bond donors (Lipinski definition) is 1. The number of benzene rings is 1. The zero-order valence-corrected chi connectivity index (χ0v) is 7.00. The Hall–Kier alpha value is -1.71. The van der Waals surface area contributed by atoms with Crippen molar-refractivity contribution >= 4 is 12.2 Å². The maximum absolute atomic E-state index is 13.0. The van der Waals surface area contributed by atoms with Crippen LogP contribution in [0.15, 0.2) is 18.2 Å². The van der Waals surface area contributed by atoms with Crippen LogP contribution in [0.4, 0.5) is 4.39 Å². The maximum Gasteiger partial charge on any atom is 0.254 e. The standard InChI is InChI=1S/C9H8FNO2/c1-11-9(13)7-4-6(5-12)2-3-8(7)10/h2-5H,1H3,(H,11,13). The van der Waals surface area contributed by atoms with Gasteiger partial charge in [0.2, 0.25) is 0 Å². The Morgan fingerprint density at radius 2 is 2.23 bits per heavy atom. The number of amides is 1. The summed E-state index contributed by atoms with van der Waals surface area (Å²) < 4.78 is 13.0. The van der Waals surface area contributed by atoms with Crippen molar-refractivity contribution in [2.75, 3.05) is 7.05 Å². The highest BCUT2D eigenvalue weighted by Gasteiger charge is 2.09. The second-order valence-corrected chi connectivity index (χ2v) is 2.44. The Balaban J connectivity index is 3.18. The van der Waals surface area contributed by atoms with E-state index in [1.165, 1.54) is 19.2 Å². The molecule has 0 fully saturated rings. The van der Waals surface area contributed by atoms with E-state index in [0.717, 1.165) is 6.07 Å². The van der Waals surface area contributed by atoms with Gasteiger partial charge in [0, 0.05) is 12.6 Å². The van der Waals surface area contributed by atoms with Crippen molar-refractivity contribution in [3.8, 4) is 0 Å². The van der Waals surface area contributed by atoms with E-state index < -0.39 is 11.7 Å². The number of carbonyl (C=O) groups excluding carboxylic acids is 2. The molecule has 0 heterocycles. The first-order chi connectivity index (χ1) is 6.19. The highest BCUT2D eigenvalue weighted by Crippen LogP contribution is 2.08. The quantitative estimate of drug-likeness (QED) is 0.692. The summed E-state index contributed by atoms with van der Waals surface area (Å²) in [5.74, 6) is -1.17. The van der Waals surface area contributed by atoms with Gasteiger partial charge in [-0.2, -0.15) is 0 Å². The van der Waals surface area contributed by atoms with Crippen molar-refractivity contribution in [1.82, 2.24) is 5.32 Å². The maximum atomic E-state index is 13.0. The topological polar surface area (TPSA) is 46.2 Å². The second-order valence-electron chi connectivity index (χ2n) is 2.44. The van der Waals surface area contributed by atoms with Crippen molar-refractivity contribution in [1.29, 1.82) is 0 Å². The third kappa shape index (κ3) is 1.90. The minimum Gasteiger partial charge on any atom is -0.355 e. The molecule has 0 unspecified atom stereocenters. The Morgan fingerprint density at radius 3 is 2.77 bits per heavy atom. The van der Waals surface area contributed by atoms with E-state index in [1.807, 2.05) is 0 Å². The fourth-order valence-corrected chi connectivity index (χ4v) is 0.925. The summed E-state index contributed by atoms with van der Waals surface area (Å²) >= 11 is 0. The molecule has 1 N–H and O–H groups in total. The van der Waals surface area contributed by atoms with E-state index in [4.69, 9.17) is 0 Å². The molecule has 0 aliphatic rings. The molecule has 68 valence electrons. The van der Waals surface area contributed by atoms with Crippen LogP contribution < -0.4 is 5.32 Å². The first-order valence-corrected chi connectivity index (χ1v) is 3.66. The van der Waals surface area contributed by atoms with Gasteiger partial charge in [-0.15, -0.1) is 0 Å². The lowest BCUT2D eigenvalue weighted by atomic mass is 10.1. The van der Waals surface area contributed by atoms with E-state index in [2.05, 4.69) is 5.32 Å². The second kappa shape index (κ2) is 3.80. The summed E-state index contributed by atoms with van der Waals surface area (Å²) in [5, 5.41) is 2.28. The molecule has 0 aliphatic heterocycles. The van der Waals surface area contributed by atoms with Crippen LogP contribution in [-0.4, -0.2) is 19.2 Å². The molecular weight excluding hydrogens is 173 g/mol. The van der Waals surface area contributed by atoms with Gasteiger partial charge in [0.05, 0.1) is 5.56 Å². The van der Waals surface area contributed by atoms with Crippen molar-refractivity contribution in [3.63, 3.8) is 0 Å². The first-order valence-electron chi connectivity index (χ1n) is 3.66. The van der Waals surface area contributed by atoms with Gasteiger partial charge in [0.15, 0.2) is 0 Å². The van der Waals surface area contributed by atoms with Crippen molar-refractivity contribution in [3.05, 3.63) is 35.1 Å². The molecule has 1 amide bonds. The lowest BCUT2D eigenvalue weighted by molar-refractivity contribution is 0.0959. The number of nitrogens with one attached hydrogen (secondary N) is 1. The van der Waals surface area contributed by atoms with E-state index in [9.17, 15) is 14.0 Å². The summed E-state index contributed by atoms with van der Waals surface area (Å²) in [6.45, 7) is 0. The lowest BCUT2D eigenvalue weighted by Gasteiger charge is -2.01. The molecule has 13 heavy (non-hydrogen) atoms. The van der Waals surface area contributed by atoms with Gasteiger partial charge in [-0.3, -0.25) is 9.59 Å². The molecular formula is C9H8FNO2. The van der Waals surface area contributed by atoms with Crippen LogP contribution in [0.2, 0.25) is 0 Å². The predicted molar refractivity (Wildman–Crippen MR) is 45.2 cm³/mol. The van der Waals surface area contributed by atoms with E-state index in [-0.39, 0.29) is 11.1 Å². The van der Waals surface area contributed by atoms with Crippen LogP contribution in [0.25, 0.3) is 0 Å². The summed E-state index contributed by atoms with van der Waals surface area (Å²) in [7, 11) is 1.40. The van der Waals surface area contributed by atoms with Crippen molar-refractivity contribution in [2.24, 2.45) is 0 Å².